The van der Waals surface area contributed by atoms with Crippen molar-refractivity contribution in [2.24, 2.45) is 0 Å². The standard InChI is InChI=1S/C14H11Cl3O4S/c1-20-12-4-3-8(15)5-10(12)11-6-9(16)7-13(14(11)21-2)22(17,18)19/h3-7H,1-2H3. The lowest BCUT2D eigenvalue weighted by Crippen LogP contribution is -1.99. The molecular weight excluding hydrogens is 371 g/mol. The van der Waals surface area contributed by atoms with E-state index in [1.165, 1.54) is 20.3 Å². The Bertz CT molecular complexity index is 819. The lowest BCUT2D eigenvalue weighted by atomic mass is 10.0. The van der Waals surface area contributed by atoms with Crippen molar-refractivity contribution in [2.75, 3.05) is 14.2 Å². The van der Waals surface area contributed by atoms with Crippen LogP contribution in [0.4, 0.5) is 0 Å². The summed E-state index contributed by atoms with van der Waals surface area (Å²) in [7, 11) is 4.25. The van der Waals surface area contributed by atoms with Crippen LogP contribution >= 0.6 is 33.9 Å². The van der Waals surface area contributed by atoms with E-state index in [2.05, 4.69) is 0 Å². The van der Waals surface area contributed by atoms with Gasteiger partial charge in [-0.05, 0) is 30.3 Å². The fourth-order valence-corrected chi connectivity index (χ4v) is 3.53. The van der Waals surface area contributed by atoms with Gasteiger partial charge in [-0.1, -0.05) is 23.2 Å². The van der Waals surface area contributed by atoms with Crippen LogP contribution in [0.3, 0.4) is 0 Å². The molecule has 22 heavy (non-hydrogen) atoms. The van der Waals surface area contributed by atoms with Crippen LogP contribution in [0.15, 0.2) is 35.2 Å². The van der Waals surface area contributed by atoms with Crippen molar-refractivity contribution < 1.29 is 17.9 Å². The predicted molar refractivity (Wildman–Crippen MR) is 88.0 cm³/mol. The Hall–Kier alpha value is -1.14. The summed E-state index contributed by atoms with van der Waals surface area (Å²) in [5.74, 6) is 0.558. The Morgan fingerprint density at radius 1 is 0.909 bits per heavy atom. The van der Waals surface area contributed by atoms with Crippen LogP contribution in [0, 0.1) is 0 Å². The van der Waals surface area contributed by atoms with Gasteiger partial charge in [0.2, 0.25) is 0 Å². The van der Waals surface area contributed by atoms with Gasteiger partial charge in [-0.25, -0.2) is 8.42 Å². The molecule has 8 heteroatoms. The third-order valence-corrected chi connectivity index (χ3v) is 4.72. The number of hydrogen-bond acceptors (Lipinski definition) is 4. The topological polar surface area (TPSA) is 52.6 Å². The molecule has 0 fully saturated rings. The molecule has 0 aliphatic rings. The lowest BCUT2D eigenvalue weighted by Gasteiger charge is -2.15. The summed E-state index contributed by atoms with van der Waals surface area (Å²) in [4.78, 5) is -0.221. The van der Waals surface area contributed by atoms with E-state index in [0.717, 1.165) is 0 Å². The molecule has 2 aromatic carbocycles. The second-order valence-corrected chi connectivity index (χ2v) is 7.67. The second kappa shape index (κ2) is 6.54. The van der Waals surface area contributed by atoms with Gasteiger partial charge in [0.15, 0.2) is 0 Å². The summed E-state index contributed by atoms with van der Waals surface area (Å²) in [6, 6.07) is 7.72. The second-order valence-electron chi connectivity index (χ2n) is 4.27. The zero-order chi connectivity index (χ0) is 16.5. The molecule has 0 radical (unpaired) electrons. The van der Waals surface area contributed by atoms with Gasteiger partial charge in [-0.3, -0.25) is 0 Å². The Balaban J connectivity index is 2.87. The molecule has 118 valence electrons. The van der Waals surface area contributed by atoms with Crippen LogP contribution in [0.1, 0.15) is 0 Å². The monoisotopic (exact) mass is 380 g/mol. The molecule has 0 N–H and O–H groups in total. The average molecular weight is 382 g/mol. The fourth-order valence-electron chi connectivity index (χ4n) is 2.05. The van der Waals surface area contributed by atoms with Crippen LogP contribution in [0.5, 0.6) is 11.5 Å². The van der Waals surface area contributed by atoms with Crippen LogP contribution in [0.25, 0.3) is 11.1 Å². The maximum Gasteiger partial charge on any atom is 0.265 e. The summed E-state index contributed by atoms with van der Waals surface area (Å²) in [6.07, 6.45) is 0. The van der Waals surface area contributed by atoms with E-state index < -0.39 is 9.05 Å². The Kier molecular flexibility index (Phi) is 5.12. The van der Waals surface area contributed by atoms with E-state index in [1.54, 1.807) is 24.3 Å². The molecule has 4 nitrogen and oxygen atoms in total. The van der Waals surface area contributed by atoms with Crippen molar-refractivity contribution in [3.63, 3.8) is 0 Å². The highest BCUT2D eigenvalue weighted by molar-refractivity contribution is 8.13. The first-order valence-electron chi connectivity index (χ1n) is 5.94. The Morgan fingerprint density at radius 2 is 1.55 bits per heavy atom. The molecule has 0 aliphatic heterocycles. The molecular formula is C14H11Cl3O4S. The van der Waals surface area contributed by atoms with Gasteiger partial charge in [0, 0.05) is 31.9 Å². The minimum atomic E-state index is -4.04. The summed E-state index contributed by atoms with van der Waals surface area (Å²) in [6.45, 7) is 0. The molecule has 2 aromatic rings. The van der Waals surface area contributed by atoms with Crippen molar-refractivity contribution in [1.82, 2.24) is 0 Å². The SMILES string of the molecule is COc1ccc(Cl)cc1-c1cc(Cl)cc(S(=O)(=O)Cl)c1OC. The van der Waals surface area contributed by atoms with Gasteiger partial charge in [-0.15, -0.1) is 0 Å². The van der Waals surface area contributed by atoms with E-state index >= 15 is 0 Å². The molecule has 0 saturated carbocycles. The molecule has 0 unspecified atom stereocenters. The minimum Gasteiger partial charge on any atom is -0.496 e. The smallest absolute Gasteiger partial charge is 0.265 e. The first-order valence-corrected chi connectivity index (χ1v) is 9.00. The molecule has 0 atom stereocenters. The van der Waals surface area contributed by atoms with Crippen LogP contribution in [-0.2, 0) is 9.05 Å². The highest BCUT2D eigenvalue weighted by atomic mass is 35.7. The number of methoxy groups -OCH3 is 2. The molecule has 0 aromatic heterocycles. The molecule has 0 bridgehead atoms. The highest BCUT2D eigenvalue weighted by Gasteiger charge is 2.23. The zero-order valence-corrected chi connectivity index (χ0v) is 14.6. The van der Waals surface area contributed by atoms with Gasteiger partial charge in [0.25, 0.3) is 9.05 Å². The van der Waals surface area contributed by atoms with Crippen LogP contribution in [0.2, 0.25) is 10.0 Å². The maximum absolute atomic E-state index is 11.7. The Labute approximate surface area is 142 Å². The van der Waals surface area contributed by atoms with E-state index in [-0.39, 0.29) is 15.7 Å². The quantitative estimate of drug-likeness (QED) is 0.726. The summed E-state index contributed by atoms with van der Waals surface area (Å²) < 4.78 is 34.0. The van der Waals surface area contributed by atoms with E-state index in [0.29, 0.717) is 21.9 Å². The van der Waals surface area contributed by atoms with Gasteiger partial charge in [-0.2, -0.15) is 0 Å². The molecule has 0 spiro atoms. The first-order chi connectivity index (χ1) is 10.3. The van der Waals surface area contributed by atoms with Crippen LogP contribution in [-0.4, -0.2) is 22.6 Å². The summed E-state index contributed by atoms with van der Waals surface area (Å²) >= 11 is 12.0. The maximum atomic E-state index is 11.7. The van der Waals surface area contributed by atoms with Gasteiger partial charge < -0.3 is 9.47 Å². The van der Waals surface area contributed by atoms with Crippen molar-refractivity contribution in [3.05, 3.63) is 40.4 Å². The van der Waals surface area contributed by atoms with Crippen molar-refractivity contribution in [3.8, 4) is 22.6 Å². The van der Waals surface area contributed by atoms with Crippen molar-refractivity contribution >= 4 is 42.9 Å². The van der Waals surface area contributed by atoms with E-state index in [1.807, 2.05) is 0 Å². The van der Waals surface area contributed by atoms with Gasteiger partial charge in [0.1, 0.15) is 16.4 Å². The van der Waals surface area contributed by atoms with Crippen molar-refractivity contribution in [1.29, 1.82) is 0 Å². The molecule has 0 aliphatic carbocycles. The molecule has 0 heterocycles. The number of ether oxygens (including phenoxy) is 2. The lowest BCUT2D eigenvalue weighted by molar-refractivity contribution is 0.402. The number of benzene rings is 2. The number of halogens is 3. The highest BCUT2D eigenvalue weighted by Crippen LogP contribution is 2.43. The molecule has 0 amide bonds. The Morgan fingerprint density at radius 3 is 2.09 bits per heavy atom. The average Bonchev–Trinajstić information content (AvgIpc) is 2.45. The third kappa shape index (κ3) is 3.43. The molecule has 0 saturated heterocycles. The summed E-state index contributed by atoms with van der Waals surface area (Å²) in [5, 5.41) is 0.644. The largest absolute Gasteiger partial charge is 0.496 e. The van der Waals surface area contributed by atoms with Crippen molar-refractivity contribution in [2.45, 2.75) is 4.90 Å². The fraction of sp³-hybridized carbons (Fsp3) is 0.143. The number of hydrogen-bond donors (Lipinski definition) is 0. The van der Waals surface area contributed by atoms with Crippen LogP contribution < -0.4 is 9.47 Å². The minimum absolute atomic E-state index is 0.0694. The van der Waals surface area contributed by atoms with E-state index in [4.69, 9.17) is 43.4 Å². The predicted octanol–water partition coefficient (Wildman–Crippen LogP) is 4.61. The van der Waals surface area contributed by atoms with E-state index in [9.17, 15) is 8.42 Å². The molecule has 2 rings (SSSR count). The summed E-state index contributed by atoms with van der Waals surface area (Å²) in [5.41, 5.74) is 0.949. The zero-order valence-electron chi connectivity index (χ0n) is 11.6. The normalized spacial score (nSPS) is 11.3. The first kappa shape index (κ1) is 17.2. The van der Waals surface area contributed by atoms with Gasteiger partial charge >= 0.3 is 0 Å². The number of rotatable bonds is 4. The third-order valence-electron chi connectivity index (χ3n) is 2.94. The van der Waals surface area contributed by atoms with Gasteiger partial charge in [0.05, 0.1) is 14.2 Å².